The topological polar surface area (TPSA) is 65.6 Å². The van der Waals surface area contributed by atoms with Gasteiger partial charge in [-0.25, -0.2) is 15.0 Å². The van der Waals surface area contributed by atoms with E-state index in [1.54, 1.807) is 41.1 Å². The summed E-state index contributed by atoms with van der Waals surface area (Å²) >= 11 is 0. The third kappa shape index (κ3) is 5.21. The summed E-state index contributed by atoms with van der Waals surface area (Å²) in [6.45, 7) is 8.07. The molecule has 5 rings (SSSR count). The van der Waals surface area contributed by atoms with Crippen molar-refractivity contribution in [2.75, 3.05) is 0 Å². The van der Waals surface area contributed by atoms with Crippen LogP contribution in [0.1, 0.15) is 56.5 Å². The van der Waals surface area contributed by atoms with Crippen LogP contribution in [0.4, 0.5) is 13.2 Å². The Morgan fingerprint density at radius 1 is 0.897 bits per heavy atom. The van der Waals surface area contributed by atoms with Crippen molar-refractivity contribution in [1.82, 2.24) is 24.1 Å². The predicted octanol–water partition coefficient (Wildman–Crippen LogP) is 7.09. The molecular weight excluding hydrogens is 503 g/mol. The molecule has 0 saturated heterocycles. The first kappa shape index (κ1) is 26.3. The molecule has 2 aromatic carbocycles. The van der Waals surface area contributed by atoms with Crippen molar-refractivity contribution in [3.63, 3.8) is 0 Å². The van der Waals surface area contributed by atoms with E-state index in [0.29, 0.717) is 17.0 Å². The molecule has 6 nitrogen and oxygen atoms in total. The highest BCUT2D eigenvalue weighted by molar-refractivity contribution is 5.77. The molecule has 9 heteroatoms. The summed E-state index contributed by atoms with van der Waals surface area (Å²) in [6, 6.07) is 18.0. The van der Waals surface area contributed by atoms with Gasteiger partial charge in [0.25, 0.3) is 5.56 Å². The molecule has 0 N–H and O–H groups in total. The number of benzene rings is 2. The van der Waals surface area contributed by atoms with E-state index in [4.69, 9.17) is 4.98 Å². The van der Waals surface area contributed by atoms with Crippen LogP contribution in [0, 0.1) is 0 Å². The van der Waals surface area contributed by atoms with Gasteiger partial charge in [0.15, 0.2) is 11.5 Å². The van der Waals surface area contributed by atoms with Crippen LogP contribution in [0.25, 0.3) is 33.8 Å². The maximum Gasteiger partial charge on any atom is 0.434 e. The van der Waals surface area contributed by atoms with E-state index in [9.17, 15) is 18.0 Å². The molecule has 0 spiro atoms. The standard InChI is InChI=1S/C30H28F3N5O/c1-18(2)23-7-5-6-8-24(23)27-34-15-22-13-14-26(39)38(29(22)36-27)16-20-9-11-21(12-10-20)28-35-25(30(31,32)33)17-37(28)19(3)4/h5-15,17-19H,16H2,1-4H3. The van der Waals surface area contributed by atoms with Gasteiger partial charge in [-0.15, -0.1) is 0 Å². The summed E-state index contributed by atoms with van der Waals surface area (Å²) in [5.41, 5.74) is 2.77. The minimum atomic E-state index is -4.53. The summed E-state index contributed by atoms with van der Waals surface area (Å²) in [6.07, 6.45) is -1.77. The fourth-order valence-electron chi connectivity index (χ4n) is 4.64. The first-order valence-electron chi connectivity index (χ1n) is 12.7. The SMILES string of the molecule is CC(C)c1ccccc1-c1ncc2ccc(=O)n(Cc3ccc(-c4nc(C(F)(F)F)cn4C(C)C)cc3)c2n1. The Hall–Kier alpha value is -4.27. The summed E-state index contributed by atoms with van der Waals surface area (Å²) in [7, 11) is 0. The molecule has 3 aromatic heterocycles. The van der Waals surface area contributed by atoms with Crippen molar-refractivity contribution in [1.29, 1.82) is 0 Å². The number of nitrogens with zero attached hydrogens (tertiary/aromatic N) is 5. The Labute approximate surface area is 223 Å². The van der Waals surface area contributed by atoms with Crippen molar-refractivity contribution in [2.24, 2.45) is 0 Å². The molecule has 39 heavy (non-hydrogen) atoms. The highest BCUT2D eigenvalue weighted by Crippen LogP contribution is 2.33. The first-order chi connectivity index (χ1) is 18.5. The number of hydrogen-bond donors (Lipinski definition) is 0. The van der Waals surface area contributed by atoms with Gasteiger partial charge in [0.2, 0.25) is 0 Å². The largest absolute Gasteiger partial charge is 0.434 e. The predicted molar refractivity (Wildman–Crippen MR) is 145 cm³/mol. The lowest BCUT2D eigenvalue weighted by Crippen LogP contribution is -2.21. The number of halogens is 3. The molecule has 0 fully saturated rings. The lowest BCUT2D eigenvalue weighted by Gasteiger charge is -2.14. The number of hydrogen-bond acceptors (Lipinski definition) is 4. The molecule has 0 radical (unpaired) electrons. The molecular formula is C30H28F3N5O. The van der Waals surface area contributed by atoms with Crippen LogP contribution >= 0.6 is 0 Å². The van der Waals surface area contributed by atoms with Gasteiger partial charge in [-0.3, -0.25) is 9.36 Å². The van der Waals surface area contributed by atoms with Crippen molar-refractivity contribution >= 4 is 11.0 Å². The van der Waals surface area contributed by atoms with Gasteiger partial charge in [-0.1, -0.05) is 62.4 Å². The van der Waals surface area contributed by atoms with Crippen molar-refractivity contribution in [3.05, 3.63) is 100 Å². The number of imidazole rings is 1. The molecule has 0 aliphatic heterocycles. The van der Waals surface area contributed by atoms with Crippen molar-refractivity contribution in [2.45, 2.75) is 52.4 Å². The van der Waals surface area contributed by atoms with E-state index in [1.165, 1.54) is 10.6 Å². The molecule has 200 valence electrons. The van der Waals surface area contributed by atoms with E-state index in [0.717, 1.165) is 28.3 Å². The van der Waals surface area contributed by atoms with Gasteiger partial charge in [0.05, 0.1) is 6.54 Å². The molecule has 0 bridgehead atoms. The number of pyridine rings is 1. The van der Waals surface area contributed by atoms with Gasteiger partial charge in [-0.2, -0.15) is 13.2 Å². The zero-order valence-corrected chi connectivity index (χ0v) is 22.1. The minimum Gasteiger partial charge on any atom is -0.328 e. The quantitative estimate of drug-likeness (QED) is 0.235. The minimum absolute atomic E-state index is 0.202. The van der Waals surface area contributed by atoms with E-state index in [-0.39, 0.29) is 29.9 Å². The van der Waals surface area contributed by atoms with Crippen molar-refractivity contribution < 1.29 is 13.2 Å². The fourth-order valence-corrected chi connectivity index (χ4v) is 4.64. The Bertz CT molecular complexity index is 1700. The molecule has 0 saturated carbocycles. The third-order valence-electron chi connectivity index (χ3n) is 6.68. The highest BCUT2D eigenvalue weighted by Gasteiger charge is 2.35. The molecule has 0 aliphatic carbocycles. The zero-order chi connectivity index (χ0) is 27.9. The third-order valence-corrected chi connectivity index (χ3v) is 6.68. The van der Waals surface area contributed by atoms with Crippen LogP contribution in [0.5, 0.6) is 0 Å². The zero-order valence-electron chi connectivity index (χ0n) is 22.1. The second kappa shape index (κ2) is 10.1. The van der Waals surface area contributed by atoms with Crippen LogP contribution in [0.3, 0.4) is 0 Å². The molecule has 0 atom stereocenters. The average Bonchev–Trinajstić information content (AvgIpc) is 3.37. The Kier molecular flexibility index (Phi) is 6.84. The summed E-state index contributed by atoms with van der Waals surface area (Å²) < 4.78 is 43.0. The monoisotopic (exact) mass is 531 g/mol. The van der Waals surface area contributed by atoms with Crippen LogP contribution in [-0.2, 0) is 12.7 Å². The van der Waals surface area contributed by atoms with E-state index >= 15 is 0 Å². The Morgan fingerprint density at radius 2 is 1.62 bits per heavy atom. The van der Waals surface area contributed by atoms with Gasteiger partial charge in [0.1, 0.15) is 11.5 Å². The maximum atomic E-state index is 13.3. The number of rotatable bonds is 6. The lowest BCUT2D eigenvalue weighted by atomic mass is 9.97. The van der Waals surface area contributed by atoms with Gasteiger partial charge in [-0.05, 0) is 37.0 Å². The average molecular weight is 532 g/mol. The van der Waals surface area contributed by atoms with Crippen LogP contribution in [0.2, 0.25) is 0 Å². The van der Waals surface area contributed by atoms with Gasteiger partial charge < -0.3 is 4.57 Å². The molecule has 0 amide bonds. The highest BCUT2D eigenvalue weighted by atomic mass is 19.4. The second-order valence-corrected chi connectivity index (χ2v) is 10.1. The van der Waals surface area contributed by atoms with E-state index in [2.05, 4.69) is 29.9 Å². The Balaban J connectivity index is 1.52. The summed E-state index contributed by atoms with van der Waals surface area (Å²) in [4.78, 5) is 26.2. The maximum absolute atomic E-state index is 13.3. The van der Waals surface area contributed by atoms with Crippen LogP contribution in [-0.4, -0.2) is 24.1 Å². The number of aromatic nitrogens is 5. The lowest BCUT2D eigenvalue weighted by molar-refractivity contribution is -0.140. The van der Waals surface area contributed by atoms with Crippen LogP contribution in [0.15, 0.2) is 77.9 Å². The Morgan fingerprint density at radius 3 is 2.28 bits per heavy atom. The van der Waals surface area contributed by atoms with E-state index in [1.807, 2.05) is 32.0 Å². The molecule has 3 heterocycles. The van der Waals surface area contributed by atoms with Crippen molar-refractivity contribution in [3.8, 4) is 22.8 Å². The van der Waals surface area contributed by atoms with Crippen LogP contribution < -0.4 is 5.56 Å². The first-order valence-corrected chi connectivity index (χ1v) is 12.7. The second-order valence-electron chi connectivity index (χ2n) is 10.1. The summed E-state index contributed by atoms with van der Waals surface area (Å²) in [5.74, 6) is 1.06. The smallest absolute Gasteiger partial charge is 0.328 e. The van der Waals surface area contributed by atoms with E-state index < -0.39 is 11.9 Å². The molecule has 5 aromatic rings. The molecule has 0 aliphatic rings. The van der Waals surface area contributed by atoms with Gasteiger partial charge >= 0.3 is 6.18 Å². The van der Waals surface area contributed by atoms with Gasteiger partial charge in [0, 0.05) is 41.0 Å². The summed E-state index contributed by atoms with van der Waals surface area (Å²) in [5, 5.41) is 0.732. The molecule has 0 unspecified atom stereocenters. The fraction of sp³-hybridized carbons (Fsp3) is 0.267. The normalized spacial score (nSPS) is 12.1. The number of fused-ring (bicyclic) bond motifs is 1. The number of alkyl halides is 3.